The van der Waals surface area contributed by atoms with Gasteiger partial charge in [0, 0.05) is 0 Å². The number of ether oxygens (including phenoxy) is 1. The van der Waals surface area contributed by atoms with Crippen LogP contribution in [0.25, 0.3) is 5.65 Å². The van der Waals surface area contributed by atoms with Gasteiger partial charge in [-0.15, -0.1) is 5.10 Å². The van der Waals surface area contributed by atoms with Gasteiger partial charge in [0.15, 0.2) is 11.3 Å². The Kier molecular flexibility index (Phi) is 1.81. The zero-order chi connectivity index (χ0) is 10.1. The molecule has 0 aromatic carbocycles. The molecule has 6 heteroatoms. The first-order valence-electron chi connectivity index (χ1n) is 3.91. The highest BCUT2D eigenvalue weighted by Crippen LogP contribution is 2.07. The van der Waals surface area contributed by atoms with Crippen molar-refractivity contribution < 1.29 is 9.53 Å². The Morgan fingerprint density at radius 1 is 1.57 bits per heavy atom. The van der Waals surface area contributed by atoms with Gasteiger partial charge < -0.3 is 10.5 Å². The number of nitrogens with two attached hydrogens (primary N) is 1. The van der Waals surface area contributed by atoms with Crippen molar-refractivity contribution in [1.29, 1.82) is 0 Å². The second-order valence-corrected chi connectivity index (χ2v) is 2.66. The lowest BCUT2D eigenvalue weighted by Crippen LogP contribution is -2.08. The topological polar surface area (TPSA) is 82.5 Å². The summed E-state index contributed by atoms with van der Waals surface area (Å²) in [7, 11) is 1.30. The third-order valence-corrected chi connectivity index (χ3v) is 1.78. The van der Waals surface area contributed by atoms with Crippen LogP contribution in [0, 0.1) is 0 Å². The number of nitrogens with zero attached hydrogens (tertiary/aromatic N) is 3. The Bertz CT molecular complexity index is 491. The van der Waals surface area contributed by atoms with Crippen LogP contribution in [0.4, 0.5) is 5.82 Å². The lowest BCUT2D eigenvalue weighted by Gasteiger charge is -1.98. The molecule has 0 unspecified atom stereocenters. The highest BCUT2D eigenvalue weighted by molar-refractivity contribution is 5.88. The Morgan fingerprint density at radius 3 is 3.07 bits per heavy atom. The van der Waals surface area contributed by atoms with Gasteiger partial charge in [0.1, 0.15) is 5.82 Å². The number of hydrogen-bond acceptors (Lipinski definition) is 5. The fraction of sp³-hybridized carbons (Fsp3) is 0.125. The van der Waals surface area contributed by atoms with E-state index in [1.54, 1.807) is 12.1 Å². The fourth-order valence-electron chi connectivity index (χ4n) is 1.13. The van der Waals surface area contributed by atoms with E-state index < -0.39 is 5.97 Å². The summed E-state index contributed by atoms with van der Waals surface area (Å²) in [6, 6.07) is 3.29. The van der Waals surface area contributed by atoms with Crippen molar-refractivity contribution in [2.45, 2.75) is 0 Å². The lowest BCUT2D eigenvalue weighted by atomic mass is 10.5. The highest BCUT2D eigenvalue weighted by Gasteiger charge is 2.12. The maximum absolute atomic E-state index is 11.2. The minimum atomic E-state index is -0.490. The molecular weight excluding hydrogens is 184 g/mol. The van der Waals surface area contributed by atoms with E-state index in [9.17, 15) is 4.79 Å². The zero-order valence-electron chi connectivity index (χ0n) is 7.47. The van der Waals surface area contributed by atoms with Gasteiger partial charge in [0.2, 0.25) is 0 Å². The summed E-state index contributed by atoms with van der Waals surface area (Å²) < 4.78 is 5.91. The molecule has 0 saturated carbocycles. The molecule has 2 aromatic rings. The number of methoxy groups -OCH3 is 1. The molecule has 0 aliphatic heterocycles. The minimum absolute atomic E-state index is 0.259. The summed E-state index contributed by atoms with van der Waals surface area (Å²) >= 11 is 0. The maximum atomic E-state index is 11.2. The van der Waals surface area contributed by atoms with Gasteiger partial charge in [-0.25, -0.2) is 14.3 Å². The summed E-state index contributed by atoms with van der Waals surface area (Å²) in [5, 5.41) is 3.94. The number of nitrogen functional groups attached to an aromatic ring is 1. The number of aromatic nitrogens is 3. The number of carbonyl (C=O) groups excluding carboxylic acids is 1. The largest absolute Gasteiger partial charge is 0.464 e. The second-order valence-electron chi connectivity index (χ2n) is 2.66. The summed E-state index contributed by atoms with van der Waals surface area (Å²) in [5.41, 5.74) is 6.30. The van der Waals surface area contributed by atoms with Gasteiger partial charge in [-0.05, 0) is 12.1 Å². The normalized spacial score (nSPS) is 10.4. The molecule has 72 valence electrons. The van der Waals surface area contributed by atoms with Crippen LogP contribution in [0.2, 0.25) is 0 Å². The molecule has 0 fully saturated rings. The molecule has 0 atom stereocenters. The first-order chi connectivity index (χ1) is 6.72. The molecule has 0 amide bonds. The van der Waals surface area contributed by atoms with E-state index >= 15 is 0 Å². The molecule has 14 heavy (non-hydrogen) atoms. The standard InChI is InChI=1S/C8H8N4O2/c1-14-8(13)5-4-10-7-3-2-6(9)11-12(5)7/h2-4H,1H3,(H2,9,11). The van der Waals surface area contributed by atoms with E-state index in [1.165, 1.54) is 17.8 Å². The van der Waals surface area contributed by atoms with E-state index in [2.05, 4.69) is 14.8 Å². The average Bonchev–Trinajstić information content (AvgIpc) is 2.59. The highest BCUT2D eigenvalue weighted by atomic mass is 16.5. The second kappa shape index (κ2) is 2.99. The Balaban J connectivity index is 2.67. The maximum Gasteiger partial charge on any atom is 0.358 e. The van der Waals surface area contributed by atoms with Crippen LogP contribution in [0.15, 0.2) is 18.3 Å². The Labute approximate surface area is 79.3 Å². The quantitative estimate of drug-likeness (QED) is 0.648. The molecule has 2 rings (SSSR count). The summed E-state index contributed by atoms with van der Waals surface area (Å²) in [5.74, 6) is -0.170. The van der Waals surface area contributed by atoms with Crippen molar-refractivity contribution in [3.8, 4) is 0 Å². The number of rotatable bonds is 1. The van der Waals surface area contributed by atoms with Crippen LogP contribution in [0.3, 0.4) is 0 Å². The molecule has 0 saturated heterocycles. The van der Waals surface area contributed by atoms with Gasteiger partial charge in [-0.2, -0.15) is 0 Å². The molecule has 0 aliphatic rings. The lowest BCUT2D eigenvalue weighted by molar-refractivity contribution is 0.0591. The van der Waals surface area contributed by atoms with E-state index in [1.807, 2.05) is 0 Å². The SMILES string of the molecule is COC(=O)c1cnc2ccc(N)nn12. The molecule has 2 heterocycles. The molecule has 2 aromatic heterocycles. The van der Waals surface area contributed by atoms with Crippen molar-refractivity contribution in [1.82, 2.24) is 14.6 Å². The predicted molar refractivity (Wildman–Crippen MR) is 48.7 cm³/mol. The number of esters is 1. The molecule has 0 spiro atoms. The van der Waals surface area contributed by atoms with E-state index in [-0.39, 0.29) is 5.69 Å². The van der Waals surface area contributed by atoms with Gasteiger partial charge in [-0.3, -0.25) is 0 Å². The van der Waals surface area contributed by atoms with Crippen molar-refractivity contribution >= 4 is 17.4 Å². The van der Waals surface area contributed by atoms with Crippen molar-refractivity contribution in [2.24, 2.45) is 0 Å². The molecule has 0 radical (unpaired) electrons. The molecule has 6 nitrogen and oxygen atoms in total. The van der Waals surface area contributed by atoms with Gasteiger partial charge in [-0.1, -0.05) is 0 Å². The number of anilines is 1. The third-order valence-electron chi connectivity index (χ3n) is 1.78. The van der Waals surface area contributed by atoms with Gasteiger partial charge in [0.05, 0.1) is 13.3 Å². The summed E-state index contributed by atoms with van der Waals surface area (Å²) in [4.78, 5) is 15.2. The van der Waals surface area contributed by atoms with Gasteiger partial charge in [0.25, 0.3) is 0 Å². The first-order valence-corrected chi connectivity index (χ1v) is 3.91. The summed E-state index contributed by atoms with van der Waals surface area (Å²) in [6.07, 6.45) is 1.40. The zero-order valence-corrected chi connectivity index (χ0v) is 7.47. The minimum Gasteiger partial charge on any atom is -0.464 e. The van der Waals surface area contributed by atoms with Crippen molar-refractivity contribution in [3.63, 3.8) is 0 Å². The number of fused-ring (bicyclic) bond motifs is 1. The van der Waals surface area contributed by atoms with Crippen LogP contribution in [0.5, 0.6) is 0 Å². The number of hydrogen-bond donors (Lipinski definition) is 1. The number of carbonyl (C=O) groups is 1. The average molecular weight is 192 g/mol. The van der Waals surface area contributed by atoms with E-state index in [4.69, 9.17) is 5.73 Å². The Hall–Kier alpha value is -2.11. The van der Waals surface area contributed by atoms with Crippen LogP contribution in [-0.4, -0.2) is 27.7 Å². The number of imidazole rings is 1. The van der Waals surface area contributed by atoms with Crippen LogP contribution < -0.4 is 5.73 Å². The molecule has 0 aliphatic carbocycles. The van der Waals surface area contributed by atoms with Crippen LogP contribution in [0.1, 0.15) is 10.5 Å². The third kappa shape index (κ3) is 1.17. The first kappa shape index (κ1) is 8.49. The summed E-state index contributed by atoms with van der Waals surface area (Å²) in [6.45, 7) is 0. The monoisotopic (exact) mass is 192 g/mol. The van der Waals surface area contributed by atoms with E-state index in [0.717, 1.165) is 0 Å². The molecule has 2 N–H and O–H groups in total. The van der Waals surface area contributed by atoms with Crippen LogP contribution in [-0.2, 0) is 4.74 Å². The van der Waals surface area contributed by atoms with Crippen molar-refractivity contribution in [2.75, 3.05) is 12.8 Å². The predicted octanol–water partition coefficient (Wildman–Crippen LogP) is 0.0981. The molecule has 0 bridgehead atoms. The Morgan fingerprint density at radius 2 is 2.36 bits per heavy atom. The van der Waals surface area contributed by atoms with Crippen LogP contribution >= 0.6 is 0 Å². The fourth-order valence-corrected chi connectivity index (χ4v) is 1.13. The van der Waals surface area contributed by atoms with Gasteiger partial charge >= 0.3 is 5.97 Å². The van der Waals surface area contributed by atoms with E-state index in [0.29, 0.717) is 11.5 Å². The molecular formula is C8H8N4O2. The van der Waals surface area contributed by atoms with Crippen molar-refractivity contribution in [3.05, 3.63) is 24.0 Å². The smallest absolute Gasteiger partial charge is 0.358 e.